The van der Waals surface area contributed by atoms with Gasteiger partial charge in [-0.25, -0.2) is 4.79 Å². The third-order valence-corrected chi connectivity index (χ3v) is 3.99. The first-order valence-corrected chi connectivity index (χ1v) is 8.35. The van der Waals surface area contributed by atoms with Gasteiger partial charge < -0.3 is 19.5 Å². The number of aromatic nitrogens is 1. The highest BCUT2D eigenvalue weighted by Gasteiger charge is 2.13. The van der Waals surface area contributed by atoms with Crippen molar-refractivity contribution in [2.45, 2.75) is 20.0 Å². The van der Waals surface area contributed by atoms with Crippen LogP contribution in [-0.2, 0) is 0 Å². The van der Waals surface area contributed by atoms with E-state index in [1.54, 1.807) is 23.0 Å². The Morgan fingerprint density at radius 1 is 1.15 bits per heavy atom. The third kappa shape index (κ3) is 3.77. The Kier molecular flexibility index (Phi) is 4.86. The summed E-state index contributed by atoms with van der Waals surface area (Å²) in [5.41, 5.74) is 2.44. The molecule has 0 spiro atoms. The highest BCUT2D eigenvalue weighted by molar-refractivity contribution is 5.91. The van der Waals surface area contributed by atoms with Gasteiger partial charge in [-0.3, -0.25) is 0 Å². The minimum absolute atomic E-state index is 0.0769. The second-order valence-electron chi connectivity index (χ2n) is 6.30. The molecule has 1 heterocycles. The fourth-order valence-corrected chi connectivity index (χ4v) is 2.77. The van der Waals surface area contributed by atoms with E-state index in [0.717, 1.165) is 16.9 Å². The largest absolute Gasteiger partial charge is 0.507 e. The topological polar surface area (TPSA) is 95.5 Å². The number of phenols is 1. The predicted molar refractivity (Wildman–Crippen MR) is 100 cm³/mol. The van der Waals surface area contributed by atoms with Crippen LogP contribution in [0.4, 0.5) is 0 Å². The van der Waals surface area contributed by atoms with Gasteiger partial charge in [0.25, 0.3) is 0 Å². The minimum atomic E-state index is -1.20. The molecule has 2 aromatic carbocycles. The molecule has 0 atom stereocenters. The normalized spacial score (nSPS) is 10.6. The Morgan fingerprint density at radius 3 is 2.41 bits per heavy atom. The van der Waals surface area contributed by atoms with Crippen LogP contribution in [0.2, 0.25) is 0 Å². The highest BCUT2D eigenvalue weighted by Crippen LogP contribution is 2.29. The number of carboxylic acid groups (broad SMARTS) is 1. The average Bonchev–Trinajstić information content (AvgIpc) is 3.06. The molecule has 3 aromatic rings. The maximum absolute atomic E-state index is 11.0. The average molecular weight is 362 g/mol. The molecule has 6 heteroatoms. The minimum Gasteiger partial charge on any atom is -0.507 e. The van der Waals surface area contributed by atoms with Crippen molar-refractivity contribution < 1.29 is 19.7 Å². The molecule has 0 saturated heterocycles. The summed E-state index contributed by atoms with van der Waals surface area (Å²) in [5, 5.41) is 28.4. The van der Waals surface area contributed by atoms with E-state index in [1.807, 2.05) is 38.1 Å². The van der Waals surface area contributed by atoms with E-state index in [-0.39, 0.29) is 17.4 Å². The number of hydrogen-bond donors (Lipinski definition) is 2. The summed E-state index contributed by atoms with van der Waals surface area (Å²) < 4.78 is 7.31. The van der Waals surface area contributed by atoms with Gasteiger partial charge in [0.05, 0.1) is 11.7 Å². The van der Waals surface area contributed by atoms with Gasteiger partial charge in [-0.2, -0.15) is 5.26 Å². The maximum Gasteiger partial charge on any atom is 0.339 e. The summed E-state index contributed by atoms with van der Waals surface area (Å²) >= 11 is 0. The summed E-state index contributed by atoms with van der Waals surface area (Å²) in [7, 11) is 0. The molecule has 0 unspecified atom stereocenters. The molecule has 6 nitrogen and oxygen atoms in total. The van der Waals surface area contributed by atoms with E-state index in [0.29, 0.717) is 11.3 Å². The molecule has 0 aliphatic heterocycles. The Morgan fingerprint density at radius 2 is 1.85 bits per heavy atom. The van der Waals surface area contributed by atoms with Crippen LogP contribution >= 0.6 is 0 Å². The van der Waals surface area contributed by atoms with Crippen molar-refractivity contribution in [3.63, 3.8) is 0 Å². The molecular weight excluding hydrogens is 344 g/mol. The van der Waals surface area contributed by atoms with Crippen molar-refractivity contribution in [1.82, 2.24) is 4.57 Å². The number of hydrogen-bond acceptors (Lipinski definition) is 4. The summed E-state index contributed by atoms with van der Waals surface area (Å²) in [6, 6.07) is 13.9. The van der Waals surface area contributed by atoms with E-state index >= 15 is 0 Å². The van der Waals surface area contributed by atoms with Gasteiger partial charge in [0.2, 0.25) is 0 Å². The van der Waals surface area contributed by atoms with E-state index in [2.05, 4.69) is 6.07 Å². The monoisotopic (exact) mass is 362 g/mol. The lowest BCUT2D eigenvalue weighted by atomic mass is 10.1. The highest BCUT2D eigenvalue weighted by atomic mass is 16.5. The standard InChI is InChI=1S/C21H18N2O4/c1-13(2)27-17-6-3-14(4-7-17)19-12-23(11-15(19)10-22)16-5-8-18(21(25)26)20(24)9-16/h3-9,11-13,24H,1-2H3,(H,25,26). The maximum atomic E-state index is 11.0. The van der Waals surface area contributed by atoms with Crippen LogP contribution in [0.15, 0.2) is 54.9 Å². The Labute approximate surface area is 156 Å². The molecule has 0 aliphatic carbocycles. The first-order chi connectivity index (χ1) is 12.9. The van der Waals surface area contributed by atoms with Gasteiger partial charge in [-0.1, -0.05) is 12.1 Å². The Balaban J connectivity index is 1.98. The van der Waals surface area contributed by atoms with Gasteiger partial charge in [-0.15, -0.1) is 0 Å². The summed E-state index contributed by atoms with van der Waals surface area (Å²) in [6.07, 6.45) is 3.49. The SMILES string of the molecule is CC(C)Oc1ccc(-c2cn(-c3ccc(C(=O)O)c(O)c3)cc2C#N)cc1. The molecule has 1 aromatic heterocycles. The molecule has 3 rings (SSSR count). The lowest BCUT2D eigenvalue weighted by Gasteiger charge is -2.10. The van der Waals surface area contributed by atoms with Crippen LogP contribution in [0.25, 0.3) is 16.8 Å². The van der Waals surface area contributed by atoms with E-state index in [9.17, 15) is 15.2 Å². The zero-order valence-corrected chi connectivity index (χ0v) is 14.9. The third-order valence-electron chi connectivity index (χ3n) is 3.99. The van der Waals surface area contributed by atoms with Crippen molar-refractivity contribution in [3.8, 4) is 34.4 Å². The van der Waals surface area contributed by atoms with Gasteiger partial charge in [0, 0.05) is 29.7 Å². The van der Waals surface area contributed by atoms with Crippen LogP contribution in [0.3, 0.4) is 0 Å². The Hall–Kier alpha value is -3.72. The number of rotatable bonds is 5. The molecule has 2 N–H and O–H groups in total. The summed E-state index contributed by atoms with van der Waals surface area (Å²) in [5.74, 6) is -0.779. The van der Waals surface area contributed by atoms with Gasteiger partial charge in [0.15, 0.2) is 0 Å². The van der Waals surface area contributed by atoms with Crippen molar-refractivity contribution in [2.75, 3.05) is 0 Å². The van der Waals surface area contributed by atoms with Crippen LogP contribution < -0.4 is 4.74 Å². The lowest BCUT2D eigenvalue weighted by Crippen LogP contribution is -2.05. The van der Waals surface area contributed by atoms with Crippen LogP contribution in [0.1, 0.15) is 29.8 Å². The van der Waals surface area contributed by atoms with E-state index in [4.69, 9.17) is 9.84 Å². The van der Waals surface area contributed by atoms with E-state index < -0.39 is 5.97 Å². The van der Waals surface area contributed by atoms with Crippen molar-refractivity contribution >= 4 is 5.97 Å². The van der Waals surface area contributed by atoms with Crippen molar-refractivity contribution in [3.05, 3.63) is 66.0 Å². The molecule has 0 saturated carbocycles. The number of carboxylic acids is 1. The summed E-state index contributed by atoms with van der Waals surface area (Å²) in [4.78, 5) is 11.0. The first-order valence-electron chi connectivity index (χ1n) is 8.35. The Bertz CT molecular complexity index is 1030. The quantitative estimate of drug-likeness (QED) is 0.709. The van der Waals surface area contributed by atoms with Gasteiger partial charge >= 0.3 is 5.97 Å². The zero-order chi connectivity index (χ0) is 19.6. The molecule has 27 heavy (non-hydrogen) atoms. The van der Waals surface area contributed by atoms with Crippen molar-refractivity contribution in [1.29, 1.82) is 5.26 Å². The molecule has 0 aliphatic rings. The second kappa shape index (κ2) is 7.26. The van der Waals surface area contributed by atoms with E-state index in [1.165, 1.54) is 12.1 Å². The number of carbonyl (C=O) groups is 1. The van der Waals surface area contributed by atoms with Gasteiger partial charge in [0.1, 0.15) is 23.1 Å². The molecule has 0 fully saturated rings. The van der Waals surface area contributed by atoms with Gasteiger partial charge in [-0.05, 0) is 43.7 Å². The van der Waals surface area contributed by atoms with Crippen molar-refractivity contribution in [2.24, 2.45) is 0 Å². The van der Waals surface area contributed by atoms with Crippen LogP contribution in [0.5, 0.6) is 11.5 Å². The lowest BCUT2D eigenvalue weighted by molar-refractivity contribution is 0.0693. The molecule has 0 radical (unpaired) electrons. The number of aromatic carboxylic acids is 1. The van der Waals surface area contributed by atoms with Crippen LogP contribution in [0, 0.1) is 11.3 Å². The number of nitrogens with zero attached hydrogens (tertiary/aromatic N) is 2. The molecule has 0 bridgehead atoms. The molecule has 0 amide bonds. The fourth-order valence-electron chi connectivity index (χ4n) is 2.77. The van der Waals surface area contributed by atoms with Crippen LogP contribution in [-0.4, -0.2) is 26.9 Å². The fraction of sp³-hybridized carbons (Fsp3) is 0.143. The smallest absolute Gasteiger partial charge is 0.339 e. The summed E-state index contributed by atoms with van der Waals surface area (Å²) in [6.45, 7) is 3.90. The number of aromatic hydroxyl groups is 1. The number of nitriles is 1. The number of benzene rings is 2. The first kappa shape index (κ1) is 18.1. The predicted octanol–water partition coefficient (Wildman–Crippen LogP) is 4.21. The number of ether oxygens (including phenoxy) is 1. The second-order valence-corrected chi connectivity index (χ2v) is 6.30. The molecule has 136 valence electrons. The zero-order valence-electron chi connectivity index (χ0n) is 14.9. The molecular formula is C21H18N2O4.